The van der Waals surface area contributed by atoms with Crippen LogP contribution in [0.2, 0.25) is 0 Å². The van der Waals surface area contributed by atoms with E-state index >= 15 is 0 Å². The number of aromatic nitrogens is 2. The summed E-state index contributed by atoms with van der Waals surface area (Å²) in [7, 11) is 0. The van der Waals surface area contributed by atoms with E-state index in [0.29, 0.717) is 5.95 Å². The van der Waals surface area contributed by atoms with Gasteiger partial charge in [0.25, 0.3) is 0 Å². The highest BCUT2D eigenvalue weighted by atomic mass is 16.7. The van der Waals surface area contributed by atoms with Crippen LogP contribution in [0.5, 0.6) is 11.5 Å². The SMILES string of the molecule is CCCNc1ncc(C)c(Nc2ccc3c(c2)OCO3)n1. The molecule has 21 heavy (non-hydrogen) atoms. The number of ether oxygens (including phenoxy) is 2. The van der Waals surface area contributed by atoms with Crippen molar-refractivity contribution in [3.63, 3.8) is 0 Å². The van der Waals surface area contributed by atoms with Gasteiger partial charge in [0.15, 0.2) is 11.5 Å². The first-order valence-corrected chi connectivity index (χ1v) is 7.00. The number of hydrogen-bond acceptors (Lipinski definition) is 6. The number of aryl methyl sites for hydroxylation is 1. The molecule has 2 aromatic rings. The molecule has 0 radical (unpaired) electrons. The normalized spacial score (nSPS) is 12.3. The first-order valence-electron chi connectivity index (χ1n) is 7.00. The molecule has 110 valence electrons. The minimum absolute atomic E-state index is 0.274. The van der Waals surface area contributed by atoms with E-state index in [2.05, 4.69) is 27.5 Å². The fourth-order valence-corrected chi connectivity index (χ4v) is 2.00. The van der Waals surface area contributed by atoms with Crippen LogP contribution in [0.25, 0.3) is 0 Å². The summed E-state index contributed by atoms with van der Waals surface area (Å²) in [6, 6.07) is 5.73. The van der Waals surface area contributed by atoms with Gasteiger partial charge in [0.2, 0.25) is 12.7 Å². The molecule has 0 saturated heterocycles. The highest BCUT2D eigenvalue weighted by Gasteiger charge is 2.14. The summed E-state index contributed by atoms with van der Waals surface area (Å²) in [5.41, 5.74) is 1.89. The van der Waals surface area contributed by atoms with Gasteiger partial charge in [-0.05, 0) is 25.5 Å². The van der Waals surface area contributed by atoms with Gasteiger partial charge < -0.3 is 20.1 Å². The van der Waals surface area contributed by atoms with E-state index in [4.69, 9.17) is 9.47 Å². The second kappa shape index (κ2) is 5.87. The molecule has 1 aromatic heterocycles. The maximum Gasteiger partial charge on any atom is 0.231 e. The van der Waals surface area contributed by atoms with Crippen LogP contribution in [0.1, 0.15) is 18.9 Å². The molecule has 0 unspecified atom stereocenters. The maximum absolute atomic E-state index is 5.38. The molecule has 2 N–H and O–H groups in total. The molecule has 0 aliphatic carbocycles. The molecule has 1 aliphatic heterocycles. The second-order valence-corrected chi connectivity index (χ2v) is 4.85. The van der Waals surface area contributed by atoms with Gasteiger partial charge >= 0.3 is 0 Å². The summed E-state index contributed by atoms with van der Waals surface area (Å²) in [5, 5.41) is 6.47. The second-order valence-electron chi connectivity index (χ2n) is 4.85. The fraction of sp³-hybridized carbons (Fsp3) is 0.333. The maximum atomic E-state index is 5.38. The topological polar surface area (TPSA) is 68.3 Å². The summed E-state index contributed by atoms with van der Waals surface area (Å²) in [6.45, 7) is 5.20. The van der Waals surface area contributed by atoms with Gasteiger partial charge in [-0.15, -0.1) is 0 Å². The number of benzene rings is 1. The van der Waals surface area contributed by atoms with Crippen molar-refractivity contribution in [1.82, 2.24) is 9.97 Å². The van der Waals surface area contributed by atoms with Crippen molar-refractivity contribution >= 4 is 17.5 Å². The lowest BCUT2D eigenvalue weighted by Crippen LogP contribution is -2.06. The number of fused-ring (bicyclic) bond motifs is 1. The summed E-state index contributed by atoms with van der Waals surface area (Å²) in [6.07, 6.45) is 2.84. The van der Waals surface area contributed by atoms with Crippen LogP contribution < -0.4 is 20.1 Å². The Morgan fingerprint density at radius 2 is 2.10 bits per heavy atom. The molecule has 1 aliphatic rings. The molecular weight excluding hydrogens is 268 g/mol. The largest absolute Gasteiger partial charge is 0.454 e. The highest BCUT2D eigenvalue weighted by Crippen LogP contribution is 2.35. The molecule has 0 amide bonds. The Hall–Kier alpha value is -2.50. The van der Waals surface area contributed by atoms with E-state index in [9.17, 15) is 0 Å². The smallest absolute Gasteiger partial charge is 0.231 e. The van der Waals surface area contributed by atoms with Crippen molar-refractivity contribution < 1.29 is 9.47 Å². The van der Waals surface area contributed by atoms with Crippen molar-refractivity contribution in [3.05, 3.63) is 30.0 Å². The lowest BCUT2D eigenvalue weighted by atomic mass is 10.2. The van der Waals surface area contributed by atoms with Gasteiger partial charge in [-0.1, -0.05) is 6.92 Å². The van der Waals surface area contributed by atoms with Crippen LogP contribution in [0.15, 0.2) is 24.4 Å². The third kappa shape index (κ3) is 2.99. The summed E-state index contributed by atoms with van der Waals surface area (Å²) >= 11 is 0. The number of hydrogen-bond donors (Lipinski definition) is 2. The van der Waals surface area contributed by atoms with Crippen LogP contribution in [0.4, 0.5) is 17.5 Å². The van der Waals surface area contributed by atoms with Crippen LogP contribution >= 0.6 is 0 Å². The first kappa shape index (κ1) is 13.5. The molecule has 0 fully saturated rings. The number of rotatable bonds is 5. The Morgan fingerprint density at radius 3 is 2.95 bits per heavy atom. The zero-order valence-electron chi connectivity index (χ0n) is 12.1. The van der Waals surface area contributed by atoms with Crippen LogP contribution in [-0.2, 0) is 0 Å². The molecule has 2 heterocycles. The average molecular weight is 286 g/mol. The Kier molecular flexibility index (Phi) is 3.77. The molecule has 0 bridgehead atoms. The van der Waals surface area contributed by atoms with Gasteiger partial charge in [0.1, 0.15) is 5.82 Å². The van der Waals surface area contributed by atoms with E-state index in [-0.39, 0.29) is 6.79 Å². The van der Waals surface area contributed by atoms with Crippen molar-refractivity contribution in [2.24, 2.45) is 0 Å². The zero-order chi connectivity index (χ0) is 14.7. The van der Waals surface area contributed by atoms with E-state index in [1.165, 1.54) is 0 Å². The first-order chi connectivity index (χ1) is 10.3. The summed E-state index contributed by atoms with van der Waals surface area (Å²) in [4.78, 5) is 8.76. The predicted octanol–water partition coefficient (Wildman–Crippen LogP) is 3.08. The highest BCUT2D eigenvalue weighted by molar-refractivity contribution is 5.64. The fourth-order valence-electron chi connectivity index (χ4n) is 2.00. The van der Waals surface area contributed by atoms with Gasteiger partial charge in [0.05, 0.1) is 0 Å². The molecule has 6 nitrogen and oxygen atoms in total. The lowest BCUT2D eigenvalue weighted by molar-refractivity contribution is 0.174. The van der Waals surface area contributed by atoms with Crippen molar-refractivity contribution in [3.8, 4) is 11.5 Å². The Bertz CT molecular complexity index is 646. The standard InChI is InChI=1S/C15H18N4O2/c1-3-6-16-15-17-8-10(2)14(19-15)18-11-4-5-12-13(7-11)21-9-20-12/h4-5,7-8H,3,6,9H2,1-2H3,(H2,16,17,18,19). The number of nitrogens with zero attached hydrogens (tertiary/aromatic N) is 2. The monoisotopic (exact) mass is 286 g/mol. The average Bonchev–Trinajstić information content (AvgIpc) is 2.95. The molecular formula is C15H18N4O2. The van der Waals surface area contributed by atoms with E-state index in [1.807, 2.05) is 25.1 Å². The zero-order valence-corrected chi connectivity index (χ0v) is 12.1. The molecule has 0 spiro atoms. The van der Waals surface area contributed by atoms with Crippen molar-refractivity contribution in [2.75, 3.05) is 24.0 Å². The predicted molar refractivity (Wildman–Crippen MR) is 81.4 cm³/mol. The Morgan fingerprint density at radius 1 is 1.24 bits per heavy atom. The molecule has 1 aromatic carbocycles. The third-order valence-electron chi connectivity index (χ3n) is 3.14. The Labute approximate surface area is 123 Å². The van der Waals surface area contributed by atoms with Gasteiger partial charge in [-0.2, -0.15) is 4.98 Å². The lowest BCUT2D eigenvalue weighted by Gasteiger charge is -2.11. The van der Waals surface area contributed by atoms with Crippen LogP contribution in [-0.4, -0.2) is 23.3 Å². The van der Waals surface area contributed by atoms with E-state index in [0.717, 1.165) is 41.5 Å². The van der Waals surface area contributed by atoms with Gasteiger partial charge in [0, 0.05) is 30.1 Å². The quantitative estimate of drug-likeness (QED) is 0.880. The van der Waals surface area contributed by atoms with Gasteiger partial charge in [-0.25, -0.2) is 4.98 Å². The molecule has 6 heteroatoms. The number of anilines is 3. The van der Waals surface area contributed by atoms with Crippen LogP contribution in [0.3, 0.4) is 0 Å². The molecule has 0 saturated carbocycles. The minimum Gasteiger partial charge on any atom is -0.454 e. The third-order valence-corrected chi connectivity index (χ3v) is 3.14. The van der Waals surface area contributed by atoms with Gasteiger partial charge in [-0.3, -0.25) is 0 Å². The van der Waals surface area contributed by atoms with Crippen LogP contribution in [0, 0.1) is 6.92 Å². The molecule has 3 rings (SSSR count). The summed E-state index contributed by atoms with van der Waals surface area (Å²) < 4.78 is 10.7. The van der Waals surface area contributed by atoms with Crippen molar-refractivity contribution in [2.45, 2.75) is 20.3 Å². The minimum atomic E-state index is 0.274. The van der Waals surface area contributed by atoms with E-state index < -0.39 is 0 Å². The molecule has 0 atom stereocenters. The van der Waals surface area contributed by atoms with Crippen molar-refractivity contribution in [1.29, 1.82) is 0 Å². The number of nitrogens with one attached hydrogen (secondary N) is 2. The Balaban J connectivity index is 1.80. The summed E-state index contributed by atoms with van der Waals surface area (Å²) in [5.74, 6) is 2.93. The van der Waals surface area contributed by atoms with E-state index in [1.54, 1.807) is 6.20 Å².